The van der Waals surface area contributed by atoms with E-state index in [1.807, 2.05) is 0 Å². The van der Waals surface area contributed by atoms with E-state index in [4.69, 9.17) is 13.9 Å². The number of nitrogens with zero attached hydrogens (tertiary/aromatic N) is 1. The number of rotatable bonds is 7. The molecule has 0 N–H and O–H groups in total. The summed E-state index contributed by atoms with van der Waals surface area (Å²) < 4.78 is 40.6. The Morgan fingerprint density at radius 1 is 1.11 bits per heavy atom. The van der Waals surface area contributed by atoms with E-state index in [0.29, 0.717) is 11.3 Å². The Kier molecular flexibility index (Phi) is 6.40. The van der Waals surface area contributed by atoms with E-state index >= 15 is 0 Å². The lowest BCUT2D eigenvalue weighted by atomic mass is 10.1. The number of aryl methyl sites for hydroxylation is 2. The topological polar surface area (TPSA) is 103 Å². The van der Waals surface area contributed by atoms with E-state index < -0.39 is 21.6 Å². The van der Waals surface area contributed by atoms with Crippen LogP contribution in [0.1, 0.15) is 21.7 Å². The summed E-state index contributed by atoms with van der Waals surface area (Å²) in [5.41, 5.74) is 0.171. The van der Waals surface area contributed by atoms with Crippen molar-refractivity contribution in [1.82, 2.24) is 4.31 Å². The highest BCUT2D eigenvalue weighted by Crippen LogP contribution is 2.18. The average molecular weight is 395 g/mol. The SMILES string of the molecule is Cc1cc(=O)oc(C)c1C(=O)OCCOc1ccc(S(=O)(=O)N(C)C)cc1. The van der Waals surface area contributed by atoms with Crippen LogP contribution < -0.4 is 10.4 Å². The van der Waals surface area contributed by atoms with Gasteiger partial charge in [-0.2, -0.15) is 0 Å². The Bertz CT molecular complexity index is 950. The molecule has 0 aliphatic rings. The van der Waals surface area contributed by atoms with Crippen molar-refractivity contribution in [2.45, 2.75) is 18.7 Å². The van der Waals surface area contributed by atoms with Gasteiger partial charge in [0.1, 0.15) is 30.3 Å². The second-order valence-corrected chi connectivity index (χ2v) is 8.07. The van der Waals surface area contributed by atoms with Crippen LogP contribution in [-0.2, 0) is 14.8 Å². The Hall–Kier alpha value is -2.65. The zero-order valence-corrected chi connectivity index (χ0v) is 16.3. The first-order chi connectivity index (χ1) is 12.6. The molecule has 0 amide bonds. The minimum Gasteiger partial charge on any atom is -0.490 e. The summed E-state index contributed by atoms with van der Waals surface area (Å²) in [6.07, 6.45) is 0. The normalized spacial score (nSPS) is 11.4. The van der Waals surface area contributed by atoms with Crippen LogP contribution in [0.4, 0.5) is 0 Å². The second-order valence-electron chi connectivity index (χ2n) is 5.92. The van der Waals surface area contributed by atoms with Crippen molar-refractivity contribution in [2.75, 3.05) is 27.3 Å². The lowest BCUT2D eigenvalue weighted by Crippen LogP contribution is -2.22. The first kappa shape index (κ1) is 20.7. The predicted molar refractivity (Wildman–Crippen MR) is 97.5 cm³/mol. The molecule has 0 aliphatic heterocycles. The summed E-state index contributed by atoms with van der Waals surface area (Å²) in [6.45, 7) is 3.21. The quantitative estimate of drug-likeness (QED) is 0.520. The molecule has 1 heterocycles. The molecule has 2 rings (SSSR count). The highest BCUT2D eigenvalue weighted by atomic mass is 32.2. The Labute approximate surface area is 157 Å². The van der Waals surface area contributed by atoms with Gasteiger partial charge in [0.05, 0.1) is 4.90 Å². The molecule has 0 bridgehead atoms. The molecule has 1 aromatic heterocycles. The molecule has 0 radical (unpaired) electrons. The first-order valence-electron chi connectivity index (χ1n) is 8.07. The molecule has 0 spiro atoms. The molecular weight excluding hydrogens is 374 g/mol. The molecule has 8 nitrogen and oxygen atoms in total. The maximum Gasteiger partial charge on any atom is 0.341 e. The van der Waals surface area contributed by atoms with Crippen molar-refractivity contribution in [3.05, 3.63) is 57.6 Å². The van der Waals surface area contributed by atoms with E-state index in [1.165, 1.54) is 51.4 Å². The smallest absolute Gasteiger partial charge is 0.341 e. The summed E-state index contributed by atoms with van der Waals surface area (Å²) in [5.74, 6) is 0.0372. The van der Waals surface area contributed by atoms with Crippen LogP contribution in [-0.4, -0.2) is 46.0 Å². The fraction of sp³-hybridized carbons (Fsp3) is 0.333. The van der Waals surface area contributed by atoms with Gasteiger partial charge >= 0.3 is 11.6 Å². The summed E-state index contributed by atoms with van der Waals surface area (Å²) in [5, 5.41) is 0. The van der Waals surface area contributed by atoms with Crippen LogP contribution in [0, 0.1) is 13.8 Å². The maximum absolute atomic E-state index is 12.1. The fourth-order valence-electron chi connectivity index (χ4n) is 2.35. The molecule has 27 heavy (non-hydrogen) atoms. The molecule has 146 valence electrons. The largest absolute Gasteiger partial charge is 0.490 e. The molecule has 0 unspecified atom stereocenters. The van der Waals surface area contributed by atoms with Crippen molar-refractivity contribution >= 4 is 16.0 Å². The number of sulfonamides is 1. The summed E-state index contributed by atoms with van der Waals surface area (Å²) in [4.78, 5) is 23.5. The Balaban J connectivity index is 1.90. The van der Waals surface area contributed by atoms with Gasteiger partial charge in [-0.05, 0) is 43.7 Å². The van der Waals surface area contributed by atoms with Crippen LogP contribution >= 0.6 is 0 Å². The van der Waals surface area contributed by atoms with Gasteiger partial charge in [0, 0.05) is 20.2 Å². The van der Waals surface area contributed by atoms with Crippen LogP contribution in [0.2, 0.25) is 0 Å². The second kappa shape index (κ2) is 8.36. The van der Waals surface area contributed by atoms with Crippen molar-refractivity contribution in [3.63, 3.8) is 0 Å². The fourth-order valence-corrected chi connectivity index (χ4v) is 3.25. The monoisotopic (exact) mass is 395 g/mol. The van der Waals surface area contributed by atoms with E-state index in [9.17, 15) is 18.0 Å². The standard InChI is InChI=1S/C18H21NO7S/c1-12-11-16(20)26-13(2)17(12)18(21)25-10-9-24-14-5-7-15(8-6-14)27(22,23)19(3)4/h5-8,11H,9-10H2,1-4H3. The van der Waals surface area contributed by atoms with E-state index in [-0.39, 0.29) is 29.4 Å². The zero-order chi connectivity index (χ0) is 20.2. The number of ether oxygens (including phenoxy) is 2. The van der Waals surface area contributed by atoms with Crippen molar-refractivity contribution in [3.8, 4) is 5.75 Å². The number of hydrogen-bond donors (Lipinski definition) is 0. The lowest BCUT2D eigenvalue weighted by Gasteiger charge is -2.12. The van der Waals surface area contributed by atoms with Gasteiger partial charge in [-0.3, -0.25) is 0 Å². The minimum absolute atomic E-state index is 0.0193. The van der Waals surface area contributed by atoms with Crippen LogP contribution in [0.15, 0.2) is 44.4 Å². The Morgan fingerprint density at radius 2 is 1.74 bits per heavy atom. The highest BCUT2D eigenvalue weighted by molar-refractivity contribution is 7.89. The third-order valence-electron chi connectivity index (χ3n) is 3.73. The van der Waals surface area contributed by atoms with E-state index in [2.05, 4.69) is 0 Å². The number of benzene rings is 1. The Morgan fingerprint density at radius 3 is 2.30 bits per heavy atom. The van der Waals surface area contributed by atoms with Crippen LogP contribution in [0.3, 0.4) is 0 Å². The number of carbonyl (C=O) groups excluding carboxylic acids is 1. The van der Waals surface area contributed by atoms with Crippen molar-refractivity contribution in [1.29, 1.82) is 0 Å². The zero-order valence-electron chi connectivity index (χ0n) is 15.5. The van der Waals surface area contributed by atoms with Gasteiger partial charge in [0.15, 0.2) is 0 Å². The number of carbonyl (C=O) groups is 1. The molecule has 0 saturated heterocycles. The molecule has 0 atom stereocenters. The predicted octanol–water partition coefficient (Wildman–Crippen LogP) is 1.74. The molecule has 0 fully saturated rings. The number of esters is 1. The van der Waals surface area contributed by atoms with E-state index in [0.717, 1.165) is 4.31 Å². The minimum atomic E-state index is -3.49. The molecule has 0 aliphatic carbocycles. The maximum atomic E-state index is 12.1. The summed E-state index contributed by atoms with van der Waals surface area (Å²) in [7, 11) is -0.587. The van der Waals surface area contributed by atoms with E-state index in [1.54, 1.807) is 6.92 Å². The lowest BCUT2D eigenvalue weighted by molar-refractivity contribution is 0.0445. The number of hydrogen-bond acceptors (Lipinski definition) is 7. The van der Waals surface area contributed by atoms with Crippen LogP contribution in [0.25, 0.3) is 0 Å². The van der Waals surface area contributed by atoms with Crippen LogP contribution in [0.5, 0.6) is 5.75 Å². The van der Waals surface area contributed by atoms with Crippen molar-refractivity contribution in [2.24, 2.45) is 0 Å². The van der Waals surface area contributed by atoms with Gasteiger partial charge in [-0.1, -0.05) is 0 Å². The van der Waals surface area contributed by atoms with Gasteiger partial charge in [-0.15, -0.1) is 0 Å². The van der Waals surface area contributed by atoms with Gasteiger partial charge in [0.2, 0.25) is 10.0 Å². The molecular formula is C18H21NO7S. The van der Waals surface area contributed by atoms with Crippen molar-refractivity contribution < 1.29 is 27.1 Å². The van der Waals surface area contributed by atoms with Gasteiger partial charge < -0.3 is 13.9 Å². The van der Waals surface area contributed by atoms with Gasteiger partial charge in [-0.25, -0.2) is 22.3 Å². The first-order valence-corrected chi connectivity index (χ1v) is 9.51. The molecule has 0 saturated carbocycles. The molecule has 2 aromatic rings. The van der Waals surface area contributed by atoms with Gasteiger partial charge in [0.25, 0.3) is 0 Å². The molecule has 9 heteroatoms. The summed E-state index contributed by atoms with van der Waals surface area (Å²) >= 11 is 0. The molecule has 1 aromatic carbocycles. The third kappa shape index (κ3) is 4.95. The summed E-state index contributed by atoms with van der Waals surface area (Å²) in [6, 6.07) is 7.16. The average Bonchev–Trinajstić information content (AvgIpc) is 2.58. The highest BCUT2D eigenvalue weighted by Gasteiger charge is 2.18. The third-order valence-corrected chi connectivity index (χ3v) is 5.56.